The van der Waals surface area contributed by atoms with E-state index in [-0.39, 0.29) is 5.54 Å². The number of hydrogen-bond donors (Lipinski definition) is 1. The van der Waals surface area contributed by atoms with Crippen LogP contribution in [0.4, 0.5) is 5.69 Å². The normalized spacial score (nSPS) is 23.4. The van der Waals surface area contributed by atoms with E-state index >= 15 is 0 Å². The van der Waals surface area contributed by atoms with Gasteiger partial charge in [-0.05, 0) is 45.1 Å². The molecule has 1 atom stereocenters. The molecule has 19 heavy (non-hydrogen) atoms. The van der Waals surface area contributed by atoms with E-state index in [0.717, 1.165) is 31.6 Å². The fourth-order valence-electron chi connectivity index (χ4n) is 2.82. The van der Waals surface area contributed by atoms with Gasteiger partial charge in [0.25, 0.3) is 0 Å². The third-order valence-corrected chi connectivity index (χ3v) is 4.22. The summed E-state index contributed by atoms with van der Waals surface area (Å²) in [6, 6.07) is 10.0. The third kappa shape index (κ3) is 2.73. The second-order valence-corrected chi connectivity index (χ2v) is 5.51. The molecule has 4 heteroatoms. The molecule has 0 radical (unpaired) electrons. The average molecular weight is 258 g/mol. The van der Waals surface area contributed by atoms with Crippen molar-refractivity contribution in [3.63, 3.8) is 0 Å². The van der Waals surface area contributed by atoms with Crippen LogP contribution in [-0.4, -0.2) is 44.2 Å². The predicted molar refractivity (Wildman–Crippen MR) is 78.1 cm³/mol. The van der Waals surface area contributed by atoms with Crippen molar-refractivity contribution in [3.05, 3.63) is 29.8 Å². The molecule has 0 spiro atoms. The van der Waals surface area contributed by atoms with Crippen LogP contribution >= 0.6 is 0 Å². The van der Waals surface area contributed by atoms with Crippen LogP contribution in [0.2, 0.25) is 0 Å². The molecule has 102 valence electrons. The molecular weight excluding hydrogens is 236 g/mol. The summed E-state index contributed by atoms with van der Waals surface area (Å²) in [6.07, 6.45) is 2.26. The Balaban J connectivity index is 2.23. The van der Waals surface area contributed by atoms with Crippen LogP contribution in [0.3, 0.4) is 0 Å². The lowest BCUT2D eigenvalue weighted by molar-refractivity contribution is 0.135. The number of nitrogens with two attached hydrogens (primary N) is 1. The van der Waals surface area contributed by atoms with Gasteiger partial charge in [-0.2, -0.15) is 5.26 Å². The Morgan fingerprint density at radius 2 is 2.26 bits per heavy atom. The molecule has 1 fully saturated rings. The standard InChI is InChI=1S/C15H22N4/c1-18(2)15(11-17)7-4-8-19(12-15)14-6-3-5-13(9-14)10-16/h3,5-6,9H,4,7-8,11-12,17H2,1-2H3. The molecule has 1 aromatic carbocycles. The van der Waals surface area contributed by atoms with Crippen LogP contribution in [0.15, 0.2) is 24.3 Å². The maximum atomic E-state index is 9.00. The van der Waals surface area contributed by atoms with Crippen molar-refractivity contribution < 1.29 is 0 Å². The van der Waals surface area contributed by atoms with Gasteiger partial charge in [0, 0.05) is 25.3 Å². The van der Waals surface area contributed by atoms with Crippen LogP contribution in [0.5, 0.6) is 0 Å². The number of benzene rings is 1. The third-order valence-electron chi connectivity index (χ3n) is 4.22. The van der Waals surface area contributed by atoms with E-state index in [4.69, 9.17) is 11.0 Å². The highest BCUT2D eigenvalue weighted by Gasteiger charge is 2.36. The molecule has 0 bridgehead atoms. The minimum atomic E-state index is 0.0426. The monoisotopic (exact) mass is 258 g/mol. The fourth-order valence-corrected chi connectivity index (χ4v) is 2.82. The Bertz CT molecular complexity index is 477. The number of nitriles is 1. The molecular formula is C15H22N4. The molecule has 0 amide bonds. The van der Waals surface area contributed by atoms with Gasteiger partial charge in [0.2, 0.25) is 0 Å². The van der Waals surface area contributed by atoms with Crippen molar-refractivity contribution >= 4 is 5.69 Å². The van der Waals surface area contributed by atoms with E-state index in [9.17, 15) is 0 Å². The topological polar surface area (TPSA) is 56.3 Å². The lowest BCUT2D eigenvalue weighted by Gasteiger charge is -2.47. The maximum Gasteiger partial charge on any atom is 0.0992 e. The molecule has 2 rings (SSSR count). The molecule has 0 aliphatic carbocycles. The summed E-state index contributed by atoms with van der Waals surface area (Å²) in [5.74, 6) is 0. The zero-order valence-corrected chi connectivity index (χ0v) is 11.8. The van der Waals surface area contributed by atoms with Gasteiger partial charge in [-0.15, -0.1) is 0 Å². The molecule has 1 unspecified atom stereocenters. The SMILES string of the molecule is CN(C)C1(CN)CCCN(c2cccc(C#N)c2)C1. The second-order valence-electron chi connectivity index (χ2n) is 5.51. The van der Waals surface area contributed by atoms with E-state index in [2.05, 4.69) is 36.0 Å². The summed E-state index contributed by atoms with van der Waals surface area (Å²) < 4.78 is 0. The van der Waals surface area contributed by atoms with Gasteiger partial charge in [0.05, 0.1) is 17.2 Å². The van der Waals surface area contributed by atoms with Crippen molar-refractivity contribution in [2.45, 2.75) is 18.4 Å². The molecule has 1 saturated heterocycles. The van der Waals surface area contributed by atoms with E-state index in [1.54, 1.807) is 0 Å². The highest BCUT2D eigenvalue weighted by Crippen LogP contribution is 2.29. The molecule has 0 saturated carbocycles. The molecule has 1 heterocycles. The molecule has 0 aromatic heterocycles. The average Bonchev–Trinajstić information content (AvgIpc) is 2.47. The van der Waals surface area contributed by atoms with Gasteiger partial charge in [-0.1, -0.05) is 6.07 Å². The van der Waals surface area contributed by atoms with E-state index in [1.807, 2.05) is 18.2 Å². The number of anilines is 1. The molecule has 4 nitrogen and oxygen atoms in total. The van der Waals surface area contributed by atoms with Gasteiger partial charge >= 0.3 is 0 Å². The van der Waals surface area contributed by atoms with Crippen LogP contribution in [-0.2, 0) is 0 Å². The van der Waals surface area contributed by atoms with E-state index < -0.39 is 0 Å². The van der Waals surface area contributed by atoms with E-state index in [1.165, 1.54) is 0 Å². The molecule has 1 aromatic rings. The van der Waals surface area contributed by atoms with Crippen molar-refractivity contribution in [3.8, 4) is 6.07 Å². The smallest absolute Gasteiger partial charge is 0.0992 e. The Hall–Kier alpha value is -1.57. The minimum Gasteiger partial charge on any atom is -0.370 e. The zero-order valence-electron chi connectivity index (χ0n) is 11.8. The minimum absolute atomic E-state index is 0.0426. The summed E-state index contributed by atoms with van der Waals surface area (Å²) in [6.45, 7) is 2.62. The van der Waals surface area contributed by atoms with Gasteiger partial charge < -0.3 is 15.5 Å². The lowest BCUT2D eigenvalue weighted by atomic mass is 9.87. The summed E-state index contributed by atoms with van der Waals surface area (Å²) in [5, 5.41) is 9.00. The van der Waals surface area contributed by atoms with Gasteiger partial charge in [0.1, 0.15) is 0 Å². The number of rotatable bonds is 3. The highest BCUT2D eigenvalue weighted by molar-refractivity contribution is 5.52. The van der Waals surface area contributed by atoms with E-state index in [0.29, 0.717) is 12.1 Å². The van der Waals surface area contributed by atoms with Crippen molar-refractivity contribution in [1.82, 2.24) is 4.90 Å². The Labute approximate surface area is 115 Å². The van der Waals surface area contributed by atoms with Gasteiger partial charge in [0.15, 0.2) is 0 Å². The number of nitrogens with zero attached hydrogens (tertiary/aromatic N) is 3. The largest absolute Gasteiger partial charge is 0.370 e. The van der Waals surface area contributed by atoms with Crippen LogP contribution in [0, 0.1) is 11.3 Å². The number of hydrogen-bond acceptors (Lipinski definition) is 4. The van der Waals surface area contributed by atoms with Crippen molar-refractivity contribution in [2.24, 2.45) is 5.73 Å². The Kier molecular flexibility index (Phi) is 4.08. The highest BCUT2D eigenvalue weighted by atomic mass is 15.2. The first-order chi connectivity index (χ1) is 9.11. The molecule has 1 aliphatic rings. The molecule has 2 N–H and O–H groups in total. The zero-order chi connectivity index (χ0) is 13.9. The second kappa shape index (κ2) is 5.60. The lowest BCUT2D eigenvalue weighted by Crippen LogP contribution is -2.60. The Morgan fingerprint density at radius 1 is 1.47 bits per heavy atom. The first-order valence-corrected chi connectivity index (χ1v) is 6.74. The van der Waals surface area contributed by atoms with Gasteiger partial charge in [-0.25, -0.2) is 0 Å². The summed E-state index contributed by atoms with van der Waals surface area (Å²) >= 11 is 0. The first-order valence-electron chi connectivity index (χ1n) is 6.74. The number of likely N-dealkylation sites (N-methyl/N-ethyl adjacent to an activating group) is 1. The summed E-state index contributed by atoms with van der Waals surface area (Å²) in [4.78, 5) is 4.59. The summed E-state index contributed by atoms with van der Waals surface area (Å²) in [5.41, 5.74) is 7.90. The first kappa shape index (κ1) is 13.9. The van der Waals surface area contributed by atoms with Crippen LogP contribution in [0.1, 0.15) is 18.4 Å². The molecule has 1 aliphatic heterocycles. The Morgan fingerprint density at radius 3 is 2.89 bits per heavy atom. The van der Waals surface area contributed by atoms with Crippen molar-refractivity contribution in [1.29, 1.82) is 5.26 Å². The van der Waals surface area contributed by atoms with Gasteiger partial charge in [-0.3, -0.25) is 0 Å². The van der Waals surface area contributed by atoms with Crippen LogP contribution < -0.4 is 10.6 Å². The van der Waals surface area contributed by atoms with Crippen molar-refractivity contribution in [2.75, 3.05) is 38.6 Å². The van der Waals surface area contributed by atoms with Crippen LogP contribution in [0.25, 0.3) is 0 Å². The predicted octanol–water partition coefficient (Wildman–Crippen LogP) is 1.42. The number of piperidine rings is 1. The quantitative estimate of drug-likeness (QED) is 0.891. The summed E-state index contributed by atoms with van der Waals surface area (Å²) in [7, 11) is 4.20. The fraction of sp³-hybridized carbons (Fsp3) is 0.533. The maximum absolute atomic E-state index is 9.00.